The zero-order chi connectivity index (χ0) is 44.2. The van der Waals surface area contributed by atoms with Crippen LogP contribution in [0.5, 0.6) is 5.75 Å². The number of aliphatic hydroxyl groups is 1. The number of para-hydroxylation sites is 1. The van der Waals surface area contributed by atoms with Gasteiger partial charge in [0.25, 0.3) is 0 Å². The number of H-pyrrole nitrogens is 1. The summed E-state index contributed by atoms with van der Waals surface area (Å²) in [5.74, 6) is -4.93. The minimum absolute atomic E-state index is 0.0147. The maximum atomic E-state index is 13.9. The molecule has 2 aliphatic rings. The Morgan fingerprint density at radius 1 is 0.984 bits per heavy atom. The van der Waals surface area contributed by atoms with Crippen LogP contribution in [0, 0.1) is 5.92 Å². The van der Waals surface area contributed by atoms with Crippen molar-refractivity contribution >= 4 is 92.2 Å². The lowest BCUT2D eigenvalue weighted by Gasteiger charge is -2.29. The van der Waals surface area contributed by atoms with E-state index in [1.807, 2.05) is 38.1 Å². The molecule has 0 saturated carbocycles. The van der Waals surface area contributed by atoms with Gasteiger partial charge in [0.2, 0.25) is 41.9 Å². The first-order chi connectivity index (χ1) is 29.2. The number of amides is 7. The molecule has 0 radical (unpaired) electrons. The smallest absolute Gasteiger partial charge is 0.246 e. The molecular formula is C40H49ClN8O10S2. The highest BCUT2D eigenvalue weighted by atomic mass is 35.5. The van der Waals surface area contributed by atoms with Gasteiger partial charge in [-0.05, 0) is 41.7 Å². The van der Waals surface area contributed by atoms with Crippen molar-refractivity contribution in [3.63, 3.8) is 0 Å². The summed E-state index contributed by atoms with van der Waals surface area (Å²) in [7, 11) is 2.18. The van der Waals surface area contributed by atoms with E-state index in [2.05, 4.69) is 36.9 Å². The first kappa shape index (κ1) is 46.8. The van der Waals surface area contributed by atoms with Gasteiger partial charge in [-0.15, -0.1) is 0 Å². The molecule has 2 aromatic carbocycles. The molecule has 0 bridgehead atoms. The van der Waals surface area contributed by atoms with Crippen LogP contribution in [0.25, 0.3) is 10.9 Å². The van der Waals surface area contributed by atoms with Gasteiger partial charge in [0.05, 0.1) is 23.7 Å². The molecule has 3 aromatic rings. The topological polar surface area (TPSA) is 268 Å². The number of carbonyl (C=O) groups excluding carboxylic acids is 8. The zero-order valence-electron chi connectivity index (χ0n) is 33.4. The van der Waals surface area contributed by atoms with Crippen molar-refractivity contribution in [1.29, 1.82) is 0 Å². The fourth-order valence-electron chi connectivity index (χ4n) is 7.05. The van der Waals surface area contributed by atoms with Crippen LogP contribution in [0.1, 0.15) is 37.8 Å². The summed E-state index contributed by atoms with van der Waals surface area (Å²) in [6, 6.07) is 4.47. The van der Waals surface area contributed by atoms with Gasteiger partial charge in [0.1, 0.15) is 42.2 Å². The predicted molar refractivity (Wildman–Crippen MR) is 229 cm³/mol. The Balaban J connectivity index is 1.41. The maximum absolute atomic E-state index is 13.9. The Morgan fingerprint density at radius 3 is 2.46 bits per heavy atom. The Morgan fingerprint density at radius 2 is 1.74 bits per heavy atom. The average molecular weight is 901 g/mol. The molecule has 5 rings (SSSR count). The van der Waals surface area contributed by atoms with Crippen molar-refractivity contribution in [2.45, 2.75) is 81.9 Å². The monoisotopic (exact) mass is 900 g/mol. The number of phenolic OH excluding ortho intramolecular Hbond substituents is 1. The van der Waals surface area contributed by atoms with Gasteiger partial charge in [0.15, 0.2) is 0 Å². The maximum Gasteiger partial charge on any atom is 0.246 e. The minimum Gasteiger partial charge on any atom is -0.506 e. The molecule has 7 atom stereocenters. The van der Waals surface area contributed by atoms with E-state index in [1.165, 1.54) is 18.2 Å². The SMILES string of the molecule is CC(C)C[C@@H]1NC(=O)CNC(=O)[C@H](Cc2ccc(O)c(Cl)c2)NC(=O)C2C[C@@H](O)CN2C(=O)[C@@H](NC=O)CSSC[C@@H](C(=O)N[C@H](C=O)Cc2c[nH]c3ccccc23)NC1=O. The van der Waals surface area contributed by atoms with Gasteiger partial charge in [-0.1, -0.05) is 71.3 Å². The number of benzene rings is 2. The van der Waals surface area contributed by atoms with Crippen molar-refractivity contribution < 1.29 is 48.6 Å². The molecule has 2 fully saturated rings. The second kappa shape index (κ2) is 22.0. The van der Waals surface area contributed by atoms with Crippen LogP contribution in [0.3, 0.4) is 0 Å². The van der Waals surface area contributed by atoms with Crippen LogP contribution in [0.2, 0.25) is 5.02 Å². The van der Waals surface area contributed by atoms with Crippen LogP contribution in [-0.2, 0) is 51.2 Å². The molecule has 0 aliphatic carbocycles. The van der Waals surface area contributed by atoms with Crippen LogP contribution in [0.15, 0.2) is 48.7 Å². The van der Waals surface area contributed by atoms with Crippen molar-refractivity contribution in [2.75, 3.05) is 24.6 Å². The molecule has 1 unspecified atom stereocenters. The van der Waals surface area contributed by atoms with Crippen molar-refractivity contribution in [2.24, 2.45) is 5.92 Å². The number of fused-ring (bicyclic) bond motifs is 2. The van der Waals surface area contributed by atoms with Gasteiger partial charge in [-0.25, -0.2) is 0 Å². The number of carbonyl (C=O) groups is 8. The summed E-state index contributed by atoms with van der Waals surface area (Å²) in [6.07, 6.45) is 1.51. The van der Waals surface area contributed by atoms with Gasteiger partial charge in [-0.3, -0.25) is 33.6 Å². The summed E-state index contributed by atoms with van der Waals surface area (Å²) in [5.41, 5.74) is 2.06. The highest BCUT2D eigenvalue weighted by Crippen LogP contribution is 2.27. The van der Waals surface area contributed by atoms with Crippen molar-refractivity contribution in [1.82, 2.24) is 41.8 Å². The molecule has 7 amide bonds. The Kier molecular flexibility index (Phi) is 16.8. The molecule has 61 heavy (non-hydrogen) atoms. The molecular weight excluding hydrogens is 852 g/mol. The number of hydrogen-bond donors (Lipinski definition) is 9. The summed E-state index contributed by atoms with van der Waals surface area (Å²) in [5, 5.41) is 37.0. The van der Waals surface area contributed by atoms with Gasteiger partial charge < -0.3 is 56.8 Å². The molecule has 21 heteroatoms. The van der Waals surface area contributed by atoms with E-state index in [9.17, 15) is 48.6 Å². The Hall–Kier alpha value is -5.31. The third kappa shape index (κ3) is 12.9. The lowest BCUT2D eigenvalue weighted by molar-refractivity contribution is -0.141. The number of nitrogens with zero attached hydrogens (tertiary/aromatic N) is 1. The quantitative estimate of drug-likeness (QED) is 0.0916. The number of aliphatic hydroxyl groups excluding tert-OH is 1. The standard InChI is InChI=1S/C40H49ClN8O10S2/c1-21(2)9-29-37(56)48-31(38(57)45-24(17-50)12-23-14-42-28-6-4-3-5-26(23)28)18-60-61-19-32(44-20-51)40(59)49-16-25(52)13-33(49)39(58)47-30(36(55)43-15-35(54)46-29)11-22-7-8-34(53)27(41)10-22/h3-8,10,14,17,20-21,24-25,29-33,42,52-53H,9,11-13,15-16,18-19H2,1-2H3,(H,43,55)(H,44,51)(H,45,57)(H,46,54)(H,47,58)(H,48,56)/t24-,25+,29-,30-,31-,32-,33?/m0/s1. The third-order valence-corrected chi connectivity index (χ3v) is 12.8. The summed E-state index contributed by atoms with van der Waals surface area (Å²) in [6.45, 7) is 2.78. The van der Waals surface area contributed by atoms with Crippen LogP contribution in [-0.4, -0.2) is 135 Å². The molecule has 9 N–H and O–H groups in total. The van der Waals surface area contributed by atoms with Crippen molar-refractivity contribution in [3.05, 3.63) is 64.8 Å². The molecule has 18 nitrogen and oxygen atoms in total. The predicted octanol–water partition coefficient (Wildman–Crippen LogP) is 0.0839. The molecule has 328 valence electrons. The highest BCUT2D eigenvalue weighted by molar-refractivity contribution is 8.76. The van der Waals surface area contributed by atoms with E-state index < -0.39 is 84.3 Å². The molecule has 2 aliphatic heterocycles. The molecule has 1 aromatic heterocycles. The van der Waals surface area contributed by atoms with E-state index in [4.69, 9.17) is 11.6 Å². The fraction of sp³-hybridized carbons (Fsp3) is 0.450. The largest absolute Gasteiger partial charge is 0.506 e. The number of aromatic hydroxyl groups is 1. The van der Waals surface area contributed by atoms with Crippen LogP contribution >= 0.6 is 33.2 Å². The van der Waals surface area contributed by atoms with E-state index >= 15 is 0 Å². The number of halogens is 1. The lowest BCUT2D eigenvalue weighted by atomic mass is 10.0. The van der Waals surface area contributed by atoms with Gasteiger partial charge in [0, 0.05) is 54.4 Å². The van der Waals surface area contributed by atoms with E-state index in [0.717, 1.165) is 43.0 Å². The van der Waals surface area contributed by atoms with Gasteiger partial charge >= 0.3 is 0 Å². The zero-order valence-corrected chi connectivity index (χ0v) is 35.7. The number of aromatic amines is 1. The number of nitrogens with one attached hydrogen (secondary N) is 7. The number of aldehydes is 1. The average Bonchev–Trinajstić information content (AvgIpc) is 3.83. The second-order valence-electron chi connectivity index (χ2n) is 15.2. The normalized spacial score (nSPS) is 24.1. The van der Waals surface area contributed by atoms with Crippen LogP contribution in [0.4, 0.5) is 0 Å². The first-order valence-electron chi connectivity index (χ1n) is 19.6. The summed E-state index contributed by atoms with van der Waals surface area (Å²) >= 11 is 6.11. The highest BCUT2D eigenvalue weighted by Gasteiger charge is 2.42. The number of rotatable bonds is 11. The van der Waals surface area contributed by atoms with Crippen molar-refractivity contribution in [3.8, 4) is 5.75 Å². The van der Waals surface area contributed by atoms with Gasteiger partial charge in [-0.2, -0.15) is 0 Å². The Bertz CT molecular complexity index is 2110. The van der Waals surface area contributed by atoms with E-state index in [1.54, 1.807) is 6.20 Å². The molecule has 3 heterocycles. The summed E-state index contributed by atoms with van der Waals surface area (Å²) < 4.78 is 0. The first-order valence-corrected chi connectivity index (χ1v) is 22.4. The van der Waals surface area contributed by atoms with Crippen LogP contribution < -0.4 is 31.9 Å². The summed E-state index contributed by atoms with van der Waals surface area (Å²) in [4.78, 5) is 111. The fourth-order valence-corrected chi connectivity index (χ4v) is 9.58. The number of aromatic nitrogens is 1. The lowest BCUT2D eigenvalue weighted by Crippen LogP contribution is -2.58. The molecule has 2 saturated heterocycles. The van der Waals surface area contributed by atoms with E-state index in [-0.39, 0.29) is 60.4 Å². The number of phenols is 1. The molecule has 0 spiro atoms. The Labute approximate surface area is 364 Å². The minimum atomic E-state index is -1.35. The van der Waals surface area contributed by atoms with E-state index in [0.29, 0.717) is 18.3 Å². The number of hydrogen-bond acceptors (Lipinski definition) is 12. The second-order valence-corrected chi connectivity index (χ2v) is 18.2. The third-order valence-electron chi connectivity index (χ3n) is 10.1.